The molecule has 0 amide bonds. The third kappa shape index (κ3) is 2.93. The molecule has 18 heavy (non-hydrogen) atoms. The van der Waals surface area contributed by atoms with Crippen molar-refractivity contribution >= 4 is 11.9 Å². The van der Waals surface area contributed by atoms with Crippen molar-refractivity contribution in [3.63, 3.8) is 0 Å². The number of rotatable bonds is 4. The molecule has 0 spiro atoms. The number of carbonyl (C=O) groups is 1. The summed E-state index contributed by atoms with van der Waals surface area (Å²) in [5.41, 5.74) is 8.37. The van der Waals surface area contributed by atoms with Gasteiger partial charge in [-0.2, -0.15) is 0 Å². The van der Waals surface area contributed by atoms with Crippen LogP contribution in [0.5, 0.6) is 0 Å². The van der Waals surface area contributed by atoms with Gasteiger partial charge in [0.2, 0.25) is 0 Å². The lowest BCUT2D eigenvalue weighted by molar-refractivity contribution is 0.104. The van der Waals surface area contributed by atoms with Gasteiger partial charge in [-0.05, 0) is 17.2 Å². The first-order chi connectivity index (χ1) is 8.81. The number of ketones is 1. The van der Waals surface area contributed by atoms with Crippen LogP contribution in [0.25, 0.3) is 6.08 Å². The molecule has 2 nitrogen and oxygen atoms in total. The molecule has 0 aliphatic heterocycles. The maximum absolute atomic E-state index is 11.9. The second-order valence-electron chi connectivity index (χ2n) is 3.97. The predicted octanol–water partition coefficient (Wildman–Crippen LogP) is 3.04. The topological polar surface area (TPSA) is 43.1 Å². The second kappa shape index (κ2) is 5.94. The van der Waals surface area contributed by atoms with Gasteiger partial charge in [0.25, 0.3) is 0 Å². The zero-order valence-electron chi connectivity index (χ0n) is 10.0. The second-order valence-corrected chi connectivity index (χ2v) is 3.97. The highest BCUT2D eigenvalue weighted by atomic mass is 16.1. The molecule has 0 saturated heterocycles. The summed E-state index contributed by atoms with van der Waals surface area (Å²) in [6.45, 7) is 0.472. The molecule has 0 atom stereocenters. The Morgan fingerprint density at radius 2 is 1.67 bits per heavy atom. The lowest BCUT2D eigenvalue weighted by Crippen LogP contribution is -1.99. The van der Waals surface area contributed by atoms with E-state index in [-0.39, 0.29) is 5.78 Å². The van der Waals surface area contributed by atoms with Crippen LogP contribution >= 0.6 is 0 Å². The fourth-order valence-corrected chi connectivity index (χ4v) is 1.75. The van der Waals surface area contributed by atoms with Crippen molar-refractivity contribution in [2.45, 2.75) is 6.54 Å². The molecular weight excluding hydrogens is 222 g/mol. The van der Waals surface area contributed by atoms with Crippen molar-refractivity contribution < 1.29 is 4.79 Å². The summed E-state index contributed by atoms with van der Waals surface area (Å²) in [5, 5.41) is 0. The van der Waals surface area contributed by atoms with Crippen molar-refractivity contribution in [2.24, 2.45) is 5.73 Å². The maximum Gasteiger partial charge on any atom is 0.185 e. The van der Waals surface area contributed by atoms with E-state index in [2.05, 4.69) is 0 Å². The summed E-state index contributed by atoms with van der Waals surface area (Å²) in [4.78, 5) is 11.9. The van der Waals surface area contributed by atoms with Gasteiger partial charge >= 0.3 is 0 Å². The molecule has 90 valence electrons. The van der Waals surface area contributed by atoms with E-state index in [1.165, 1.54) is 0 Å². The summed E-state index contributed by atoms with van der Waals surface area (Å²) in [7, 11) is 0. The third-order valence-electron chi connectivity index (χ3n) is 2.75. The summed E-state index contributed by atoms with van der Waals surface area (Å²) in [6.07, 6.45) is 3.40. The standard InChI is InChI=1S/C16H15NO/c17-12-15-9-5-4-6-13(15)10-11-16(18)14-7-2-1-3-8-14/h1-11H,12,17H2. The first-order valence-corrected chi connectivity index (χ1v) is 5.86. The number of nitrogens with two attached hydrogens (primary N) is 1. The molecule has 0 fully saturated rings. The highest BCUT2D eigenvalue weighted by Crippen LogP contribution is 2.11. The van der Waals surface area contributed by atoms with Gasteiger partial charge in [0, 0.05) is 12.1 Å². The lowest BCUT2D eigenvalue weighted by Gasteiger charge is -2.01. The van der Waals surface area contributed by atoms with Gasteiger partial charge in [0.05, 0.1) is 0 Å². The molecule has 0 radical (unpaired) electrons. The van der Waals surface area contributed by atoms with Gasteiger partial charge in [0.15, 0.2) is 5.78 Å². The van der Waals surface area contributed by atoms with Gasteiger partial charge in [-0.1, -0.05) is 60.7 Å². The van der Waals surface area contributed by atoms with Crippen LogP contribution in [-0.2, 0) is 6.54 Å². The normalized spacial score (nSPS) is 10.7. The molecule has 0 aliphatic carbocycles. The van der Waals surface area contributed by atoms with Gasteiger partial charge in [-0.3, -0.25) is 4.79 Å². The van der Waals surface area contributed by atoms with E-state index in [0.717, 1.165) is 11.1 Å². The van der Waals surface area contributed by atoms with Crippen LogP contribution in [0.4, 0.5) is 0 Å². The molecule has 2 aromatic rings. The highest BCUT2D eigenvalue weighted by Gasteiger charge is 2.00. The minimum Gasteiger partial charge on any atom is -0.326 e. The Labute approximate surface area is 107 Å². The summed E-state index contributed by atoms with van der Waals surface area (Å²) in [6, 6.07) is 17.0. The molecule has 0 aliphatic rings. The van der Waals surface area contributed by atoms with Crippen LogP contribution in [0.3, 0.4) is 0 Å². The Kier molecular flexibility index (Phi) is 4.05. The maximum atomic E-state index is 11.9. The number of hydrogen-bond donors (Lipinski definition) is 1. The van der Waals surface area contributed by atoms with Crippen LogP contribution in [0.1, 0.15) is 21.5 Å². The Bertz CT molecular complexity index is 558. The van der Waals surface area contributed by atoms with Gasteiger partial charge < -0.3 is 5.73 Å². The minimum atomic E-state index is 0.00224. The first kappa shape index (κ1) is 12.3. The zero-order chi connectivity index (χ0) is 12.8. The number of carbonyl (C=O) groups excluding carboxylic acids is 1. The molecule has 0 bridgehead atoms. The van der Waals surface area contributed by atoms with Crippen LogP contribution in [0.15, 0.2) is 60.7 Å². The number of allylic oxidation sites excluding steroid dienone is 1. The van der Waals surface area contributed by atoms with E-state index in [1.807, 2.05) is 60.7 Å². The smallest absolute Gasteiger partial charge is 0.185 e. The highest BCUT2D eigenvalue weighted by molar-refractivity contribution is 6.06. The Balaban J connectivity index is 2.19. The van der Waals surface area contributed by atoms with Crippen LogP contribution in [0.2, 0.25) is 0 Å². The Hall–Kier alpha value is -2.19. The molecule has 2 aromatic carbocycles. The minimum absolute atomic E-state index is 0.00224. The molecule has 0 aromatic heterocycles. The SMILES string of the molecule is NCc1ccccc1C=CC(=O)c1ccccc1. The molecule has 2 heteroatoms. The summed E-state index contributed by atoms with van der Waals surface area (Å²) in [5.74, 6) is 0.00224. The Morgan fingerprint density at radius 1 is 1.00 bits per heavy atom. The third-order valence-corrected chi connectivity index (χ3v) is 2.75. The molecule has 0 unspecified atom stereocenters. The first-order valence-electron chi connectivity index (χ1n) is 5.86. The van der Waals surface area contributed by atoms with E-state index in [1.54, 1.807) is 6.08 Å². The number of benzene rings is 2. The van der Waals surface area contributed by atoms with E-state index < -0.39 is 0 Å². The van der Waals surface area contributed by atoms with Crippen molar-refractivity contribution in [1.82, 2.24) is 0 Å². The van der Waals surface area contributed by atoms with Crippen molar-refractivity contribution in [1.29, 1.82) is 0 Å². The zero-order valence-corrected chi connectivity index (χ0v) is 10.0. The van der Waals surface area contributed by atoms with Gasteiger partial charge in [0.1, 0.15) is 0 Å². The average molecular weight is 237 g/mol. The molecule has 0 saturated carbocycles. The monoisotopic (exact) mass is 237 g/mol. The molecule has 2 N–H and O–H groups in total. The van der Waals surface area contributed by atoms with Gasteiger partial charge in [-0.25, -0.2) is 0 Å². The van der Waals surface area contributed by atoms with Crippen molar-refractivity contribution in [2.75, 3.05) is 0 Å². The fraction of sp³-hybridized carbons (Fsp3) is 0.0625. The van der Waals surface area contributed by atoms with Crippen LogP contribution < -0.4 is 5.73 Å². The summed E-state index contributed by atoms with van der Waals surface area (Å²) >= 11 is 0. The van der Waals surface area contributed by atoms with Gasteiger partial charge in [-0.15, -0.1) is 0 Å². The van der Waals surface area contributed by atoms with Crippen LogP contribution in [0, 0.1) is 0 Å². The summed E-state index contributed by atoms with van der Waals surface area (Å²) < 4.78 is 0. The van der Waals surface area contributed by atoms with Crippen LogP contribution in [-0.4, -0.2) is 5.78 Å². The average Bonchev–Trinajstić information content (AvgIpc) is 2.46. The largest absolute Gasteiger partial charge is 0.326 e. The quantitative estimate of drug-likeness (QED) is 0.656. The Morgan fingerprint density at radius 3 is 2.39 bits per heavy atom. The van der Waals surface area contributed by atoms with E-state index in [9.17, 15) is 4.79 Å². The molecule has 0 heterocycles. The van der Waals surface area contributed by atoms with E-state index in [0.29, 0.717) is 12.1 Å². The lowest BCUT2D eigenvalue weighted by atomic mass is 10.1. The molecular formula is C16H15NO. The van der Waals surface area contributed by atoms with E-state index in [4.69, 9.17) is 5.73 Å². The fourth-order valence-electron chi connectivity index (χ4n) is 1.75. The van der Waals surface area contributed by atoms with Crippen molar-refractivity contribution in [3.05, 3.63) is 77.4 Å². The molecule has 2 rings (SSSR count). The number of hydrogen-bond acceptors (Lipinski definition) is 2. The van der Waals surface area contributed by atoms with E-state index >= 15 is 0 Å². The predicted molar refractivity (Wildman–Crippen MR) is 74.1 cm³/mol. The van der Waals surface area contributed by atoms with Crippen molar-refractivity contribution in [3.8, 4) is 0 Å².